The van der Waals surface area contributed by atoms with Crippen LogP contribution in [0.15, 0.2) is 12.4 Å². The number of hydrogen-bond donors (Lipinski definition) is 2. The highest BCUT2D eigenvalue weighted by Gasteiger charge is 2.20. The molecule has 3 rings (SSSR count). The van der Waals surface area contributed by atoms with E-state index in [0.717, 1.165) is 33.5 Å². The highest BCUT2D eigenvalue weighted by atomic mass is 35.5. The number of hydrogen-bond acceptors (Lipinski definition) is 6. The molecule has 28 heavy (non-hydrogen) atoms. The molecule has 3 heterocycles. The van der Waals surface area contributed by atoms with Gasteiger partial charge in [-0.3, -0.25) is 4.98 Å². The molecule has 0 aliphatic heterocycles. The van der Waals surface area contributed by atoms with Crippen molar-refractivity contribution >= 4 is 28.6 Å². The fourth-order valence-corrected chi connectivity index (χ4v) is 3.67. The van der Waals surface area contributed by atoms with Crippen molar-refractivity contribution in [2.75, 3.05) is 12.8 Å². The van der Waals surface area contributed by atoms with Crippen LogP contribution in [0.1, 0.15) is 42.7 Å². The normalized spacial score (nSPS) is 12.0. The molecular formula is C20H26ClN5O2. The van der Waals surface area contributed by atoms with Crippen LogP contribution in [0.2, 0.25) is 5.15 Å². The van der Waals surface area contributed by atoms with E-state index in [1.165, 1.54) is 0 Å². The topological polar surface area (TPSA) is 99.1 Å². The van der Waals surface area contributed by atoms with Crippen LogP contribution in [0.3, 0.4) is 0 Å². The van der Waals surface area contributed by atoms with Crippen LogP contribution in [0.5, 0.6) is 5.75 Å². The zero-order valence-electron chi connectivity index (χ0n) is 16.9. The maximum atomic E-state index is 10.1. The SMILES string of the molecule is COc1c(C)cnc(Cn2cc(CCC(C)(C)O)c3c(Cl)nc(N)nc32)c1C. The minimum atomic E-state index is -0.780. The summed E-state index contributed by atoms with van der Waals surface area (Å²) in [6.07, 6.45) is 5.02. The van der Waals surface area contributed by atoms with Crippen LogP contribution >= 0.6 is 11.6 Å². The third-order valence-electron chi connectivity index (χ3n) is 4.84. The summed E-state index contributed by atoms with van der Waals surface area (Å²) in [6, 6.07) is 0. The Morgan fingerprint density at radius 3 is 2.64 bits per heavy atom. The van der Waals surface area contributed by atoms with Gasteiger partial charge in [-0.05, 0) is 46.1 Å². The fraction of sp³-hybridized carbons (Fsp3) is 0.450. The molecule has 0 atom stereocenters. The van der Waals surface area contributed by atoms with Gasteiger partial charge in [-0.25, -0.2) is 4.98 Å². The summed E-state index contributed by atoms with van der Waals surface area (Å²) in [5.74, 6) is 0.952. The van der Waals surface area contributed by atoms with E-state index in [0.29, 0.717) is 30.2 Å². The maximum Gasteiger partial charge on any atom is 0.223 e. The number of methoxy groups -OCH3 is 1. The minimum Gasteiger partial charge on any atom is -0.496 e. The number of nitrogen functional groups attached to an aromatic ring is 1. The Labute approximate surface area is 169 Å². The largest absolute Gasteiger partial charge is 0.496 e. The third kappa shape index (κ3) is 4.05. The number of rotatable bonds is 6. The Morgan fingerprint density at radius 2 is 2.00 bits per heavy atom. The number of aliphatic hydroxyl groups is 1. The van der Waals surface area contributed by atoms with Crippen LogP contribution in [-0.2, 0) is 13.0 Å². The van der Waals surface area contributed by atoms with E-state index >= 15 is 0 Å². The van der Waals surface area contributed by atoms with Crippen molar-refractivity contribution in [3.8, 4) is 5.75 Å². The van der Waals surface area contributed by atoms with Crippen LogP contribution in [0.4, 0.5) is 5.95 Å². The number of halogens is 1. The standard InChI is InChI=1S/C20H26ClN5O2/c1-11-8-23-14(12(2)16(11)28-5)10-26-9-13(6-7-20(3,4)27)15-17(21)24-19(22)25-18(15)26/h8-9,27H,6-7,10H2,1-5H3,(H2,22,24,25). The molecule has 7 nitrogen and oxygen atoms in total. The Kier molecular flexibility index (Phi) is 5.50. The molecule has 0 radical (unpaired) electrons. The van der Waals surface area contributed by atoms with Gasteiger partial charge in [-0.15, -0.1) is 0 Å². The summed E-state index contributed by atoms with van der Waals surface area (Å²) in [5, 5.41) is 11.2. The van der Waals surface area contributed by atoms with Gasteiger partial charge >= 0.3 is 0 Å². The molecule has 3 aromatic heterocycles. The highest BCUT2D eigenvalue weighted by molar-refractivity contribution is 6.34. The lowest BCUT2D eigenvalue weighted by Crippen LogP contribution is -2.19. The second-order valence-electron chi connectivity index (χ2n) is 7.71. The van der Waals surface area contributed by atoms with Crippen molar-refractivity contribution in [3.63, 3.8) is 0 Å². The van der Waals surface area contributed by atoms with Gasteiger partial charge < -0.3 is 20.1 Å². The lowest BCUT2D eigenvalue weighted by Gasteiger charge is -2.16. The Morgan fingerprint density at radius 1 is 1.29 bits per heavy atom. The maximum absolute atomic E-state index is 10.1. The van der Waals surface area contributed by atoms with Crippen LogP contribution in [0.25, 0.3) is 11.0 Å². The van der Waals surface area contributed by atoms with Crippen molar-refractivity contribution in [2.45, 2.75) is 52.7 Å². The molecular weight excluding hydrogens is 378 g/mol. The number of aromatic nitrogens is 4. The van der Waals surface area contributed by atoms with E-state index in [1.807, 2.05) is 24.6 Å². The summed E-state index contributed by atoms with van der Waals surface area (Å²) >= 11 is 6.39. The molecule has 0 unspecified atom stereocenters. The molecule has 0 amide bonds. The van der Waals surface area contributed by atoms with Crippen LogP contribution in [0, 0.1) is 13.8 Å². The van der Waals surface area contributed by atoms with Crippen molar-refractivity contribution in [1.82, 2.24) is 19.5 Å². The van der Waals surface area contributed by atoms with E-state index < -0.39 is 5.60 Å². The average molecular weight is 404 g/mol. The third-order valence-corrected chi connectivity index (χ3v) is 5.12. The summed E-state index contributed by atoms with van der Waals surface area (Å²) in [5.41, 5.74) is 9.53. The number of pyridine rings is 1. The summed E-state index contributed by atoms with van der Waals surface area (Å²) < 4.78 is 7.49. The molecule has 150 valence electrons. The molecule has 3 N–H and O–H groups in total. The second-order valence-corrected chi connectivity index (χ2v) is 8.07. The van der Waals surface area contributed by atoms with Gasteiger partial charge in [0.1, 0.15) is 16.5 Å². The van der Waals surface area contributed by atoms with Gasteiger partial charge in [-0.1, -0.05) is 11.6 Å². The van der Waals surface area contributed by atoms with E-state index in [1.54, 1.807) is 27.2 Å². The average Bonchev–Trinajstić information content (AvgIpc) is 2.93. The van der Waals surface area contributed by atoms with E-state index in [4.69, 9.17) is 22.1 Å². The van der Waals surface area contributed by atoms with Gasteiger partial charge in [0.15, 0.2) is 0 Å². The first-order chi connectivity index (χ1) is 13.1. The Hall–Kier alpha value is -2.38. The Balaban J connectivity index is 2.09. The molecule has 0 spiro atoms. The molecule has 3 aromatic rings. The zero-order valence-corrected chi connectivity index (χ0v) is 17.6. The van der Waals surface area contributed by atoms with Crippen molar-refractivity contribution < 1.29 is 9.84 Å². The molecule has 0 bridgehead atoms. The lowest BCUT2D eigenvalue weighted by molar-refractivity contribution is 0.0715. The van der Waals surface area contributed by atoms with Crippen molar-refractivity contribution in [1.29, 1.82) is 0 Å². The number of fused-ring (bicyclic) bond motifs is 1. The second kappa shape index (κ2) is 7.56. The molecule has 0 fully saturated rings. The van der Waals surface area contributed by atoms with Gasteiger partial charge in [-0.2, -0.15) is 4.98 Å². The van der Waals surface area contributed by atoms with Gasteiger partial charge in [0.05, 0.1) is 30.3 Å². The molecule has 8 heteroatoms. The fourth-order valence-electron chi connectivity index (χ4n) is 3.38. The molecule has 0 saturated heterocycles. The number of nitrogens with two attached hydrogens (primary N) is 1. The van der Waals surface area contributed by atoms with Gasteiger partial charge in [0, 0.05) is 23.5 Å². The number of anilines is 1. The van der Waals surface area contributed by atoms with Crippen molar-refractivity contribution in [3.05, 3.63) is 39.9 Å². The number of nitrogens with zero attached hydrogens (tertiary/aromatic N) is 4. The minimum absolute atomic E-state index is 0.122. The van der Waals surface area contributed by atoms with Crippen LogP contribution in [-0.4, -0.2) is 37.3 Å². The molecule has 0 aromatic carbocycles. The Bertz CT molecular complexity index is 1020. The first kappa shape index (κ1) is 20.4. The van der Waals surface area contributed by atoms with Crippen LogP contribution < -0.4 is 10.5 Å². The molecule has 0 aliphatic carbocycles. The van der Waals surface area contributed by atoms with E-state index in [-0.39, 0.29) is 5.95 Å². The molecule has 0 saturated carbocycles. The monoisotopic (exact) mass is 403 g/mol. The van der Waals surface area contributed by atoms with Gasteiger partial charge in [0.25, 0.3) is 0 Å². The van der Waals surface area contributed by atoms with E-state index in [2.05, 4.69) is 15.0 Å². The van der Waals surface area contributed by atoms with Gasteiger partial charge in [0.2, 0.25) is 5.95 Å². The first-order valence-corrected chi connectivity index (χ1v) is 9.50. The van der Waals surface area contributed by atoms with Crippen molar-refractivity contribution in [2.24, 2.45) is 0 Å². The summed E-state index contributed by atoms with van der Waals surface area (Å²) in [4.78, 5) is 13.1. The predicted molar refractivity (Wildman–Crippen MR) is 111 cm³/mol. The smallest absolute Gasteiger partial charge is 0.223 e. The molecule has 0 aliphatic rings. The number of ether oxygens (including phenoxy) is 1. The quantitative estimate of drug-likeness (QED) is 0.611. The highest BCUT2D eigenvalue weighted by Crippen LogP contribution is 2.31. The lowest BCUT2D eigenvalue weighted by atomic mass is 9.99. The first-order valence-electron chi connectivity index (χ1n) is 9.13. The summed E-state index contributed by atoms with van der Waals surface area (Å²) in [7, 11) is 1.66. The zero-order chi connectivity index (χ0) is 20.6. The predicted octanol–water partition coefficient (Wildman–Crippen LogP) is 3.44. The summed E-state index contributed by atoms with van der Waals surface area (Å²) in [6.45, 7) is 8.03. The number of aryl methyl sites for hydroxylation is 2. The van der Waals surface area contributed by atoms with E-state index in [9.17, 15) is 5.11 Å².